The highest BCUT2D eigenvalue weighted by Gasteiger charge is 2.40. The van der Waals surface area contributed by atoms with Gasteiger partial charge in [-0.25, -0.2) is 14.5 Å². The summed E-state index contributed by atoms with van der Waals surface area (Å²) in [7, 11) is 0. The van der Waals surface area contributed by atoms with E-state index in [2.05, 4.69) is 0 Å². The Hall–Kier alpha value is -7.26. The van der Waals surface area contributed by atoms with Crippen LogP contribution in [0.5, 0.6) is 0 Å². The van der Waals surface area contributed by atoms with E-state index in [0.29, 0.717) is 22.3 Å². The maximum atomic E-state index is 13.9. The summed E-state index contributed by atoms with van der Waals surface area (Å²) < 4.78 is 11.6. The number of imide groups is 1. The maximum Gasteiger partial charge on any atom is 0.341 e. The van der Waals surface area contributed by atoms with Crippen LogP contribution in [0.4, 0.5) is 5.69 Å². The van der Waals surface area contributed by atoms with Crippen molar-refractivity contribution in [1.82, 2.24) is 0 Å². The third-order valence-electron chi connectivity index (χ3n) is 8.73. The maximum absolute atomic E-state index is 13.9. The molecule has 0 unspecified atom stereocenters. The quantitative estimate of drug-likeness (QED) is 0.0756. The molecule has 1 heterocycles. The van der Waals surface area contributed by atoms with E-state index in [1.807, 2.05) is 0 Å². The number of fused-ring (bicyclic) bond motifs is 1. The Morgan fingerprint density at radius 3 is 1.40 bits per heavy atom. The van der Waals surface area contributed by atoms with Gasteiger partial charge in [-0.05, 0) is 30.3 Å². The zero-order chi connectivity index (χ0) is 36.9. The van der Waals surface area contributed by atoms with Gasteiger partial charge in [0.1, 0.15) is 0 Å². The monoisotopic (exact) mass is 699 g/mol. The molecule has 1 aliphatic rings. The van der Waals surface area contributed by atoms with Crippen molar-refractivity contribution in [1.29, 1.82) is 0 Å². The fourth-order valence-corrected chi connectivity index (χ4v) is 6.08. The number of nitrogens with zero attached hydrogens (tertiary/aromatic N) is 1. The van der Waals surface area contributed by atoms with E-state index in [4.69, 9.17) is 9.47 Å². The number of hydrogen-bond acceptors (Lipinski definition) is 8. The Morgan fingerprint density at radius 1 is 0.434 bits per heavy atom. The van der Waals surface area contributed by atoms with E-state index in [0.717, 1.165) is 4.90 Å². The number of anilines is 1. The summed E-state index contributed by atoms with van der Waals surface area (Å²) in [5, 5.41) is 0. The van der Waals surface area contributed by atoms with Gasteiger partial charge in [0.05, 0.1) is 27.9 Å². The normalized spacial score (nSPS) is 13.1. The van der Waals surface area contributed by atoms with Crippen molar-refractivity contribution in [3.63, 3.8) is 0 Å². The topological polar surface area (TPSA) is 124 Å². The van der Waals surface area contributed by atoms with Crippen LogP contribution in [-0.2, 0) is 9.47 Å². The highest BCUT2D eigenvalue weighted by atomic mass is 16.6. The number of carbonyl (C=O) groups excluding carboxylic acids is 6. The molecule has 2 atom stereocenters. The minimum Gasteiger partial charge on any atom is -0.445 e. The molecule has 0 aromatic heterocycles. The van der Waals surface area contributed by atoms with Crippen molar-refractivity contribution < 1.29 is 38.2 Å². The number of carbonyl (C=O) groups is 6. The van der Waals surface area contributed by atoms with Crippen molar-refractivity contribution in [2.75, 3.05) is 4.90 Å². The zero-order valence-electron chi connectivity index (χ0n) is 28.0. The lowest BCUT2D eigenvalue weighted by atomic mass is 9.99. The predicted molar refractivity (Wildman–Crippen MR) is 195 cm³/mol. The molecule has 0 spiro atoms. The third kappa shape index (κ3) is 6.91. The number of ketones is 2. The Balaban J connectivity index is 1.16. The average molecular weight is 700 g/mol. The Labute approximate surface area is 304 Å². The molecule has 6 aromatic carbocycles. The zero-order valence-corrected chi connectivity index (χ0v) is 28.0. The second kappa shape index (κ2) is 14.9. The molecule has 9 nitrogen and oxygen atoms in total. The molecule has 53 heavy (non-hydrogen) atoms. The van der Waals surface area contributed by atoms with E-state index < -0.39 is 47.5 Å². The van der Waals surface area contributed by atoms with E-state index in [1.165, 1.54) is 30.3 Å². The molecule has 0 saturated carbocycles. The van der Waals surface area contributed by atoms with Crippen LogP contribution in [-0.4, -0.2) is 35.3 Å². The molecule has 6 aromatic rings. The van der Waals surface area contributed by atoms with Crippen molar-refractivity contribution in [2.45, 2.75) is 12.2 Å². The SMILES string of the molecule is O=C(O[C@@H](C(=O)c1ccccc1)c1ccccc1)c1ccc2c(c1)C(=O)N(c1ccccc1C(=O)O[C@@H](C(=O)c1ccccc1)c1ccccc1)C2=O. The van der Waals surface area contributed by atoms with E-state index in [-0.39, 0.29) is 27.9 Å². The van der Waals surface area contributed by atoms with Crippen molar-refractivity contribution in [3.8, 4) is 0 Å². The number of para-hydroxylation sites is 1. The first-order valence-electron chi connectivity index (χ1n) is 16.6. The minimum absolute atomic E-state index is 0.00360. The first-order valence-corrected chi connectivity index (χ1v) is 16.6. The average Bonchev–Trinajstić information content (AvgIpc) is 3.47. The molecule has 258 valence electrons. The Kier molecular flexibility index (Phi) is 9.63. The second-order valence-corrected chi connectivity index (χ2v) is 12.1. The largest absolute Gasteiger partial charge is 0.445 e. The van der Waals surface area contributed by atoms with E-state index >= 15 is 0 Å². The van der Waals surface area contributed by atoms with Gasteiger partial charge in [-0.3, -0.25) is 19.2 Å². The van der Waals surface area contributed by atoms with Gasteiger partial charge in [-0.15, -0.1) is 0 Å². The smallest absolute Gasteiger partial charge is 0.341 e. The molecule has 9 heteroatoms. The summed E-state index contributed by atoms with van der Waals surface area (Å²) in [6.45, 7) is 0. The standard InChI is InChI=1S/C44H29NO8/c46-37(28-15-5-1-6-16-28)39(30-19-9-3-10-20-30)52-43(50)32-25-26-33-35(27-32)42(49)45(41(33)48)36-24-14-13-23-34(36)44(51)53-40(31-21-11-4-12-22-31)38(47)29-17-7-2-8-18-29/h1-27,39-40H/t39-,40-/m1/s1. The third-order valence-corrected chi connectivity index (χ3v) is 8.73. The van der Waals surface area contributed by atoms with Crippen LogP contribution in [0.25, 0.3) is 0 Å². The number of benzene rings is 6. The van der Waals surface area contributed by atoms with Gasteiger partial charge in [0.15, 0.2) is 12.2 Å². The van der Waals surface area contributed by atoms with Crippen LogP contribution >= 0.6 is 0 Å². The number of amides is 2. The van der Waals surface area contributed by atoms with E-state index in [1.54, 1.807) is 133 Å². The van der Waals surface area contributed by atoms with Crippen LogP contribution in [0.1, 0.15) is 85.5 Å². The highest BCUT2D eigenvalue weighted by Crippen LogP contribution is 2.34. The number of esters is 2. The second-order valence-electron chi connectivity index (χ2n) is 12.1. The van der Waals surface area contributed by atoms with Gasteiger partial charge in [-0.2, -0.15) is 0 Å². The lowest BCUT2D eigenvalue weighted by Gasteiger charge is -2.21. The number of hydrogen-bond donors (Lipinski definition) is 0. The van der Waals surface area contributed by atoms with Gasteiger partial charge in [0.25, 0.3) is 11.8 Å². The summed E-state index contributed by atoms with van der Waals surface area (Å²) >= 11 is 0. The van der Waals surface area contributed by atoms with Crippen LogP contribution in [0.3, 0.4) is 0 Å². The Bertz CT molecular complexity index is 2360. The molecule has 0 N–H and O–H groups in total. The summed E-state index contributed by atoms with van der Waals surface area (Å²) in [6.07, 6.45) is -2.59. The van der Waals surface area contributed by atoms with Gasteiger partial charge >= 0.3 is 11.9 Å². The molecule has 0 saturated heterocycles. The summed E-state index contributed by atoms with van der Waals surface area (Å²) in [6, 6.07) is 43.7. The lowest BCUT2D eigenvalue weighted by molar-refractivity contribution is 0.0278. The molecule has 0 aliphatic carbocycles. The molecule has 2 amide bonds. The molecule has 7 rings (SSSR count). The van der Waals surface area contributed by atoms with Crippen molar-refractivity contribution >= 4 is 41.0 Å². The van der Waals surface area contributed by atoms with Gasteiger partial charge in [-0.1, -0.05) is 133 Å². The van der Waals surface area contributed by atoms with Crippen molar-refractivity contribution in [2.24, 2.45) is 0 Å². The molecule has 0 fully saturated rings. The van der Waals surface area contributed by atoms with E-state index in [9.17, 15) is 28.8 Å². The fourth-order valence-electron chi connectivity index (χ4n) is 6.08. The summed E-state index contributed by atoms with van der Waals surface area (Å²) in [5.74, 6) is -4.24. The van der Waals surface area contributed by atoms with Gasteiger partial charge in [0, 0.05) is 22.3 Å². The first kappa shape index (κ1) is 34.2. The highest BCUT2D eigenvalue weighted by molar-refractivity contribution is 6.35. The summed E-state index contributed by atoms with van der Waals surface area (Å²) in [4.78, 5) is 83.0. The molecule has 0 radical (unpaired) electrons. The minimum atomic E-state index is -1.32. The number of ether oxygens (including phenoxy) is 2. The number of Topliss-reactive ketones (excluding diaryl/α,β-unsaturated/α-hetero) is 2. The van der Waals surface area contributed by atoms with Crippen LogP contribution < -0.4 is 4.90 Å². The van der Waals surface area contributed by atoms with Crippen molar-refractivity contribution in [3.05, 3.63) is 208 Å². The van der Waals surface area contributed by atoms with Crippen LogP contribution in [0.2, 0.25) is 0 Å². The Morgan fingerprint density at radius 2 is 0.868 bits per heavy atom. The molecular weight excluding hydrogens is 670 g/mol. The first-order chi connectivity index (χ1) is 25.8. The van der Waals surface area contributed by atoms with Gasteiger partial charge < -0.3 is 9.47 Å². The number of rotatable bonds is 11. The molecule has 1 aliphatic heterocycles. The lowest BCUT2D eigenvalue weighted by Crippen LogP contribution is -2.31. The van der Waals surface area contributed by atoms with Gasteiger partial charge in [0.2, 0.25) is 11.6 Å². The fraction of sp³-hybridized carbons (Fsp3) is 0.0455. The van der Waals surface area contributed by atoms with Crippen LogP contribution in [0.15, 0.2) is 164 Å². The van der Waals surface area contributed by atoms with Crippen LogP contribution in [0, 0.1) is 0 Å². The molecule has 0 bridgehead atoms. The predicted octanol–water partition coefficient (Wildman–Crippen LogP) is 8.05. The summed E-state index contributed by atoms with van der Waals surface area (Å²) in [5.41, 5.74) is 1.21. The molecular formula is C44H29NO8.